The van der Waals surface area contributed by atoms with Crippen molar-refractivity contribution in [2.45, 2.75) is 43.5 Å². The summed E-state index contributed by atoms with van der Waals surface area (Å²) in [6.45, 7) is 8.34. The van der Waals surface area contributed by atoms with Crippen LogP contribution >= 0.6 is 23.4 Å². The Bertz CT molecular complexity index is 610. The lowest BCUT2D eigenvalue weighted by molar-refractivity contribution is 0.669. The lowest BCUT2D eigenvalue weighted by Gasteiger charge is -2.13. The minimum absolute atomic E-state index is 0.830. The summed E-state index contributed by atoms with van der Waals surface area (Å²) in [5.41, 5.74) is 3.83. The molecule has 0 saturated carbocycles. The Kier molecular flexibility index (Phi) is 6.16. The van der Waals surface area contributed by atoms with Crippen LogP contribution in [0.2, 0.25) is 5.02 Å². The molecule has 0 aromatic heterocycles. The first-order chi connectivity index (χ1) is 10.1. The Morgan fingerprint density at radius 1 is 1.14 bits per heavy atom. The Hall–Kier alpha value is -0.960. The molecule has 0 fully saturated rings. The van der Waals surface area contributed by atoms with Gasteiger partial charge in [-0.05, 0) is 55.6 Å². The predicted molar refractivity (Wildman–Crippen MR) is 93.5 cm³/mol. The molecular weight excluding hydrogens is 298 g/mol. The normalized spacial score (nSPS) is 10.9. The third-order valence-electron chi connectivity index (χ3n) is 3.35. The van der Waals surface area contributed by atoms with Gasteiger partial charge in [0.2, 0.25) is 0 Å². The number of halogens is 1. The van der Waals surface area contributed by atoms with Crippen LogP contribution in [0.4, 0.5) is 0 Å². The standard InChI is InChI=1S/C18H22ClNS/c1-4-10-20-12-15-6-5-7-16(19)18(15)21-17-11-13(2)8-9-14(17)3/h5-9,11,20H,4,10,12H2,1-3H3. The number of rotatable bonds is 6. The third-order valence-corrected chi connectivity index (χ3v) is 5.12. The molecule has 0 aliphatic carbocycles. The molecule has 0 heterocycles. The molecule has 1 N–H and O–H groups in total. The van der Waals surface area contributed by atoms with Crippen molar-refractivity contribution in [3.63, 3.8) is 0 Å². The van der Waals surface area contributed by atoms with Crippen molar-refractivity contribution >= 4 is 23.4 Å². The second-order valence-corrected chi connectivity index (χ2v) is 6.74. The van der Waals surface area contributed by atoms with Crippen molar-refractivity contribution in [1.29, 1.82) is 0 Å². The van der Waals surface area contributed by atoms with E-state index in [1.807, 2.05) is 12.1 Å². The van der Waals surface area contributed by atoms with Gasteiger partial charge in [-0.1, -0.05) is 54.6 Å². The third kappa shape index (κ3) is 4.50. The molecule has 21 heavy (non-hydrogen) atoms. The molecule has 0 atom stereocenters. The Balaban J connectivity index is 2.27. The van der Waals surface area contributed by atoms with Crippen molar-refractivity contribution in [3.8, 4) is 0 Å². The zero-order valence-corrected chi connectivity index (χ0v) is 14.4. The van der Waals surface area contributed by atoms with E-state index in [0.717, 1.165) is 29.4 Å². The highest BCUT2D eigenvalue weighted by molar-refractivity contribution is 7.99. The van der Waals surface area contributed by atoms with E-state index < -0.39 is 0 Å². The zero-order chi connectivity index (χ0) is 15.2. The fraction of sp³-hybridized carbons (Fsp3) is 0.333. The Labute approximate surface area is 137 Å². The van der Waals surface area contributed by atoms with Gasteiger partial charge in [0.15, 0.2) is 0 Å². The van der Waals surface area contributed by atoms with Crippen molar-refractivity contribution in [2.24, 2.45) is 0 Å². The number of nitrogens with one attached hydrogen (secondary N) is 1. The first kappa shape index (κ1) is 16.4. The van der Waals surface area contributed by atoms with Crippen LogP contribution in [-0.2, 0) is 6.54 Å². The van der Waals surface area contributed by atoms with Crippen LogP contribution < -0.4 is 5.32 Å². The van der Waals surface area contributed by atoms with Crippen molar-refractivity contribution < 1.29 is 0 Å². The highest BCUT2D eigenvalue weighted by atomic mass is 35.5. The number of aryl methyl sites for hydroxylation is 2. The SMILES string of the molecule is CCCNCc1cccc(Cl)c1Sc1cc(C)ccc1C. The molecule has 0 aliphatic rings. The maximum atomic E-state index is 6.44. The van der Waals surface area contributed by atoms with Gasteiger partial charge in [0.25, 0.3) is 0 Å². The van der Waals surface area contributed by atoms with Gasteiger partial charge in [0.1, 0.15) is 0 Å². The molecule has 1 nitrogen and oxygen atoms in total. The minimum atomic E-state index is 0.830. The fourth-order valence-electron chi connectivity index (χ4n) is 2.13. The second-order valence-electron chi connectivity index (χ2n) is 5.28. The molecule has 3 heteroatoms. The van der Waals surface area contributed by atoms with Crippen molar-refractivity contribution in [1.82, 2.24) is 5.32 Å². The highest BCUT2D eigenvalue weighted by Crippen LogP contribution is 2.37. The molecule has 0 spiro atoms. The van der Waals surface area contributed by atoms with Crippen molar-refractivity contribution in [2.75, 3.05) is 6.54 Å². The van der Waals surface area contributed by atoms with Gasteiger partial charge in [-0.25, -0.2) is 0 Å². The monoisotopic (exact) mass is 319 g/mol. The Morgan fingerprint density at radius 3 is 2.71 bits per heavy atom. The van der Waals surface area contributed by atoms with E-state index in [1.165, 1.54) is 21.6 Å². The average Bonchev–Trinajstić information content (AvgIpc) is 2.46. The number of hydrogen-bond acceptors (Lipinski definition) is 2. The van der Waals surface area contributed by atoms with Crippen molar-refractivity contribution in [3.05, 3.63) is 58.1 Å². The van der Waals surface area contributed by atoms with Gasteiger partial charge in [-0.3, -0.25) is 0 Å². The summed E-state index contributed by atoms with van der Waals surface area (Å²) in [4.78, 5) is 2.44. The van der Waals surface area contributed by atoms with Crippen LogP contribution in [0.5, 0.6) is 0 Å². The van der Waals surface area contributed by atoms with Crippen LogP contribution in [0, 0.1) is 13.8 Å². The van der Waals surface area contributed by atoms with Gasteiger partial charge in [0.05, 0.1) is 5.02 Å². The summed E-state index contributed by atoms with van der Waals surface area (Å²) in [6.07, 6.45) is 1.14. The molecule has 2 rings (SSSR count). The van der Waals surface area contributed by atoms with Gasteiger partial charge in [-0.2, -0.15) is 0 Å². The lowest BCUT2D eigenvalue weighted by Crippen LogP contribution is -2.14. The van der Waals surface area contributed by atoms with Crippen LogP contribution in [0.25, 0.3) is 0 Å². The molecule has 0 saturated heterocycles. The first-order valence-corrected chi connectivity index (χ1v) is 8.54. The van der Waals surface area contributed by atoms with Crippen LogP contribution in [0.1, 0.15) is 30.0 Å². The number of benzene rings is 2. The largest absolute Gasteiger partial charge is 0.313 e. The van der Waals surface area contributed by atoms with Gasteiger partial charge in [0, 0.05) is 16.3 Å². The van der Waals surface area contributed by atoms with E-state index in [9.17, 15) is 0 Å². The van der Waals surface area contributed by atoms with E-state index in [1.54, 1.807) is 11.8 Å². The maximum Gasteiger partial charge on any atom is 0.0548 e. The fourth-order valence-corrected chi connectivity index (χ4v) is 3.57. The molecule has 2 aromatic carbocycles. The highest BCUT2D eigenvalue weighted by Gasteiger charge is 2.10. The first-order valence-electron chi connectivity index (χ1n) is 7.35. The molecule has 0 aliphatic heterocycles. The molecular formula is C18H22ClNS. The second kappa shape index (κ2) is 7.88. The van der Waals surface area contributed by atoms with Crippen LogP contribution in [0.3, 0.4) is 0 Å². The molecule has 2 aromatic rings. The molecule has 0 amide bonds. The smallest absolute Gasteiger partial charge is 0.0548 e. The summed E-state index contributed by atoms with van der Waals surface area (Å²) in [5.74, 6) is 0. The van der Waals surface area contributed by atoms with E-state index >= 15 is 0 Å². The summed E-state index contributed by atoms with van der Waals surface area (Å²) >= 11 is 8.20. The summed E-state index contributed by atoms with van der Waals surface area (Å²) < 4.78 is 0. The van der Waals surface area contributed by atoms with Gasteiger partial charge in [-0.15, -0.1) is 0 Å². The van der Waals surface area contributed by atoms with Crippen LogP contribution in [-0.4, -0.2) is 6.54 Å². The predicted octanol–water partition coefficient (Wildman–Crippen LogP) is 5.61. The molecule has 0 radical (unpaired) electrons. The Morgan fingerprint density at radius 2 is 1.95 bits per heavy atom. The molecule has 0 unspecified atom stereocenters. The van der Waals surface area contributed by atoms with E-state index in [0.29, 0.717) is 0 Å². The topological polar surface area (TPSA) is 12.0 Å². The lowest BCUT2D eigenvalue weighted by atomic mass is 10.2. The summed E-state index contributed by atoms with van der Waals surface area (Å²) in [6, 6.07) is 12.7. The maximum absolute atomic E-state index is 6.44. The quantitative estimate of drug-likeness (QED) is 0.695. The van der Waals surface area contributed by atoms with E-state index in [2.05, 4.69) is 50.4 Å². The summed E-state index contributed by atoms with van der Waals surface area (Å²) in [5, 5.41) is 4.29. The van der Waals surface area contributed by atoms with Crippen LogP contribution in [0.15, 0.2) is 46.2 Å². The summed E-state index contributed by atoms with van der Waals surface area (Å²) in [7, 11) is 0. The van der Waals surface area contributed by atoms with Gasteiger partial charge < -0.3 is 5.32 Å². The van der Waals surface area contributed by atoms with E-state index in [-0.39, 0.29) is 0 Å². The molecule has 0 bridgehead atoms. The zero-order valence-electron chi connectivity index (χ0n) is 12.9. The minimum Gasteiger partial charge on any atom is -0.313 e. The molecule has 112 valence electrons. The number of hydrogen-bond donors (Lipinski definition) is 1. The van der Waals surface area contributed by atoms with Gasteiger partial charge >= 0.3 is 0 Å². The average molecular weight is 320 g/mol. The van der Waals surface area contributed by atoms with E-state index in [4.69, 9.17) is 11.6 Å².